The average molecular weight is 811 g/mol. The predicted octanol–water partition coefficient (Wildman–Crippen LogP) is 13.8. The summed E-state index contributed by atoms with van der Waals surface area (Å²) in [6.45, 7) is 2.28. The molecule has 4 heterocycles. The first-order valence-electron chi connectivity index (χ1n) is 21.4. The van der Waals surface area contributed by atoms with Crippen molar-refractivity contribution >= 4 is 38.8 Å². The Bertz CT molecular complexity index is 3260. The maximum atomic E-state index is 4.98. The van der Waals surface area contributed by atoms with Crippen LogP contribution in [-0.4, -0.2) is 30.5 Å². The predicted molar refractivity (Wildman–Crippen MR) is 259 cm³/mol. The van der Waals surface area contributed by atoms with E-state index in [1.54, 1.807) is 0 Å². The third-order valence-electron chi connectivity index (χ3n) is 11.9. The summed E-state index contributed by atoms with van der Waals surface area (Å²) in [7, 11) is 0. The van der Waals surface area contributed by atoms with Crippen molar-refractivity contribution in [1.29, 1.82) is 0 Å². The number of nitrogens with zero attached hydrogens (tertiary/aromatic N) is 6. The van der Waals surface area contributed by atoms with Crippen LogP contribution in [0.4, 0.5) is 11.4 Å². The van der Waals surface area contributed by atoms with Crippen LogP contribution in [0.25, 0.3) is 78.5 Å². The maximum absolute atomic E-state index is 4.98. The highest BCUT2D eigenvalue weighted by Crippen LogP contribution is 2.40. The Morgan fingerprint density at radius 3 is 1.89 bits per heavy atom. The van der Waals surface area contributed by atoms with Gasteiger partial charge in [0.1, 0.15) is 5.69 Å². The lowest BCUT2D eigenvalue weighted by molar-refractivity contribution is 0.861. The van der Waals surface area contributed by atoms with Crippen LogP contribution in [0.3, 0.4) is 0 Å². The zero-order valence-corrected chi connectivity index (χ0v) is 34.8. The third-order valence-corrected chi connectivity index (χ3v) is 11.9. The Morgan fingerprint density at radius 2 is 1.14 bits per heavy atom. The van der Waals surface area contributed by atoms with Gasteiger partial charge in [-0.25, -0.2) is 15.0 Å². The second kappa shape index (κ2) is 16.3. The van der Waals surface area contributed by atoms with Crippen LogP contribution < -0.4 is 4.90 Å². The molecule has 0 aliphatic carbocycles. The normalized spacial score (nSPS) is 15.2. The zero-order valence-electron chi connectivity index (χ0n) is 34.8. The molecule has 3 aromatic heterocycles. The van der Waals surface area contributed by atoms with E-state index in [2.05, 4.69) is 168 Å². The van der Waals surface area contributed by atoms with Crippen molar-refractivity contribution < 1.29 is 0 Å². The molecule has 6 nitrogen and oxygen atoms in total. The van der Waals surface area contributed by atoms with Gasteiger partial charge < -0.3 is 9.47 Å². The van der Waals surface area contributed by atoms with Gasteiger partial charge in [-0.05, 0) is 95.8 Å². The number of benzene rings is 7. The minimum Gasteiger partial charge on any atom is -0.335 e. The third kappa shape index (κ3) is 7.17. The number of allylic oxidation sites excluding steroid dienone is 3. The largest absolute Gasteiger partial charge is 0.335 e. The van der Waals surface area contributed by atoms with Crippen molar-refractivity contribution in [2.24, 2.45) is 0 Å². The summed E-state index contributed by atoms with van der Waals surface area (Å²) < 4.78 is 2.38. The fourth-order valence-corrected chi connectivity index (χ4v) is 8.98. The number of pyridine rings is 1. The lowest BCUT2D eigenvalue weighted by Gasteiger charge is -2.31. The molecule has 0 spiro atoms. The lowest BCUT2D eigenvalue weighted by atomic mass is 9.99. The van der Waals surface area contributed by atoms with Crippen molar-refractivity contribution in [2.75, 3.05) is 4.90 Å². The first-order valence-corrected chi connectivity index (χ1v) is 21.4. The fraction of sp³-hybridized carbons (Fsp3) is 0.0526. The molecule has 7 aromatic carbocycles. The fourth-order valence-electron chi connectivity index (χ4n) is 8.98. The molecule has 1 aliphatic rings. The molecule has 300 valence electrons. The van der Waals surface area contributed by atoms with Gasteiger partial charge in [0.25, 0.3) is 0 Å². The van der Waals surface area contributed by atoms with E-state index in [9.17, 15) is 0 Å². The van der Waals surface area contributed by atoms with Crippen LogP contribution in [0.15, 0.2) is 219 Å². The second-order valence-corrected chi connectivity index (χ2v) is 15.9. The lowest BCUT2D eigenvalue weighted by Crippen LogP contribution is -2.27. The van der Waals surface area contributed by atoms with E-state index >= 15 is 0 Å². The van der Waals surface area contributed by atoms with Crippen molar-refractivity contribution in [3.8, 4) is 51.1 Å². The van der Waals surface area contributed by atoms with E-state index < -0.39 is 0 Å². The van der Waals surface area contributed by atoms with E-state index in [4.69, 9.17) is 19.9 Å². The Labute approximate surface area is 366 Å². The summed E-state index contributed by atoms with van der Waals surface area (Å²) in [6, 6.07) is 68.1. The molecule has 0 bridgehead atoms. The second-order valence-electron chi connectivity index (χ2n) is 15.9. The Balaban J connectivity index is 0.984. The number of hydrogen-bond acceptors (Lipinski definition) is 5. The molecule has 1 atom stereocenters. The highest BCUT2D eigenvalue weighted by atomic mass is 15.2. The molecule has 11 rings (SSSR count). The van der Waals surface area contributed by atoms with Gasteiger partial charge in [-0.3, -0.25) is 4.98 Å². The highest BCUT2D eigenvalue weighted by molar-refractivity contribution is 6.15. The summed E-state index contributed by atoms with van der Waals surface area (Å²) in [5, 5.41) is 2.36. The van der Waals surface area contributed by atoms with E-state index in [0.29, 0.717) is 23.2 Å². The minimum atomic E-state index is 0.109. The molecular formula is C57H42N6. The van der Waals surface area contributed by atoms with Crippen LogP contribution in [0.1, 0.15) is 18.1 Å². The number of para-hydroxylation sites is 3. The van der Waals surface area contributed by atoms with Crippen molar-refractivity contribution in [2.45, 2.75) is 19.4 Å². The van der Waals surface area contributed by atoms with Crippen LogP contribution in [0, 0.1) is 0 Å². The number of aromatic nitrogens is 5. The molecule has 0 radical (unpaired) electrons. The summed E-state index contributed by atoms with van der Waals surface area (Å²) in [5.74, 6) is 1.74. The number of fused-ring (bicyclic) bond motifs is 4. The van der Waals surface area contributed by atoms with Crippen molar-refractivity contribution in [3.05, 3.63) is 230 Å². The molecule has 10 aromatic rings. The summed E-state index contributed by atoms with van der Waals surface area (Å²) >= 11 is 0. The van der Waals surface area contributed by atoms with E-state index in [1.165, 1.54) is 38.8 Å². The quantitative estimate of drug-likeness (QED) is 0.160. The van der Waals surface area contributed by atoms with Crippen LogP contribution in [0.5, 0.6) is 0 Å². The van der Waals surface area contributed by atoms with Gasteiger partial charge in [0, 0.05) is 45.2 Å². The SMILES string of the molecule is CC1/C=C(c2ccc(-n3c4ccccc4c4c(-c5ccnc(-c6nc(-c7ccccc7)nc(-c7ccccc7)n6)c5)cccc43)cc2)\C=C/Cc2ccccc2N1c1ccccc1. The highest BCUT2D eigenvalue weighted by Gasteiger charge is 2.21. The van der Waals surface area contributed by atoms with E-state index in [-0.39, 0.29) is 6.04 Å². The van der Waals surface area contributed by atoms with Crippen LogP contribution >= 0.6 is 0 Å². The molecule has 0 fully saturated rings. The summed E-state index contributed by atoms with van der Waals surface area (Å²) in [6.07, 6.45) is 9.68. The van der Waals surface area contributed by atoms with Gasteiger partial charge in [-0.1, -0.05) is 158 Å². The van der Waals surface area contributed by atoms with Crippen molar-refractivity contribution in [1.82, 2.24) is 24.5 Å². The van der Waals surface area contributed by atoms with Gasteiger partial charge in [0.2, 0.25) is 0 Å². The molecule has 63 heavy (non-hydrogen) atoms. The molecular weight excluding hydrogens is 769 g/mol. The van der Waals surface area contributed by atoms with E-state index in [1.807, 2.05) is 66.9 Å². The van der Waals surface area contributed by atoms with Gasteiger partial charge in [-0.2, -0.15) is 0 Å². The average Bonchev–Trinajstić information content (AvgIpc) is 3.72. The van der Waals surface area contributed by atoms with Gasteiger partial charge >= 0.3 is 0 Å². The molecule has 1 aliphatic heterocycles. The molecule has 0 saturated carbocycles. The van der Waals surface area contributed by atoms with Gasteiger partial charge in [-0.15, -0.1) is 0 Å². The van der Waals surface area contributed by atoms with Gasteiger partial charge in [0.15, 0.2) is 17.5 Å². The van der Waals surface area contributed by atoms with Crippen LogP contribution in [-0.2, 0) is 6.42 Å². The molecule has 6 heteroatoms. The monoisotopic (exact) mass is 810 g/mol. The van der Waals surface area contributed by atoms with Gasteiger partial charge in [0.05, 0.1) is 17.1 Å². The maximum Gasteiger partial charge on any atom is 0.182 e. The Morgan fingerprint density at radius 1 is 0.508 bits per heavy atom. The Hall–Kier alpha value is -8.22. The number of hydrogen-bond donors (Lipinski definition) is 0. The summed E-state index contributed by atoms with van der Waals surface area (Å²) in [4.78, 5) is 22.1. The molecule has 0 saturated heterocycles. The van der Waals surface area contributed by atoms with Crippen molar-refractivity contribution in [3.63, 3.8) is 0 Å². The molecule has 1 unspecified atom stereocenters. The Kier molecular flexibility index (Phi) is 9.79. The first-order chi connectivity index (χ1) is 31.2. The van der Waals surface area contributed by atoms with E-state index in [0.717, 1.165) is 45.4 Å². The molecule has 0 amide bonds. The summed E-state index contributed by atoms with van der Waals surface area (Å²) in [5.41, 5.74) is 14.1. The zero-order chi connectivity index (χ0) is 42.1. The first kappa shape index (κ1) is 37.8. The minimum absolute atomic E-state index is 0.109. The van der Waals surface area contributed by atoms with Crippen LogP contribution in [0.2, 0.25) is 0 Å². The number of rotatable bonds is 7. The smallest absolute Gasteiger partial charge is 0.182 e. The standard InChI is InChI=1S/C57H42N6/c1-39-37-44(23-15-22-41-17-11-13-28-51(41)62(39)46-24-9-4-10-25-46)40-31-33-47(34-32-40)63-52-29-14-12-26-49(52)54-48(27-16-30-53(54)63)45-35-36-58-50(38-45)57-60-55(42-18-5-2-6-19-42)59-56(61-57)43-20-7-3-8-21-43/h2-21,23-39H,22H2,1H3/b23-15-,44-37+. The molecule has 0 N–H and O–H groups in total. The number of anilines is 2. The topological polar surface area (TPSA) is 59.7 Å².